The van der Waals surface area contributed by atoms with Crippen LogP contribution in [0.15, 0.2) is 0 Å². The molecule has 588 valence electrons. The molecule has 0 bridgehead atoms. The summed E-state index contributed by atoms with van der Waals surface area (Å²) in [6.07, 6.45) is 61.1. The van der Waals surface area contributed by atoms with Gasteiger partial charge in [0, 0.05) is 25.7 Å². The van der Waals surface area contributed by atoms with Crippen molar-refractivity contribution in [3.63, 3.8) is 0 Å². The van der Waals surface area contributed by atoms with Gasteiger partial charge in [-0.2, -0.15) is 0 Å². The third-order valence-electron chi connectivity index (χ3n) is 19.1. The molecule has 99 heavy (non-hydrogen) atoms. The maximum atomic E-state index is 13.1. The minimum absolute atomic E-state index is 0.105. The van der Waals surface area contributed by atoms with E-state index in [-0.39, 0.29) is 25.7 Å². The van der Waals surface area contributed by atoms with Gasteiger partial charge in [-0.15, -0.1) is 0 Å². The number of aliphatic hydroxyl groups excluding tert-OH is 1. The van der Waals surface area contributed by atoms with Crippen LogP contribution in [-0.4, -0.2) is 96.7 Å². The number of phosphoric acid groups is 2. The normalized spacial score (nSPS) is 14.2. The Bertz CT molecular complexity index is 1910. The number of unbranched alkanes of at least 4 members (excludes halogenated alkanes) is 48. The highest BCUT2D eigenvalue weighted by atomic mass is 31.2. The summed E-state index contributed by atoms with van der Waals surface area (Å²) in [6, 6.07) is 0. The van der Waals surface area contributed by atoms with Crippen molar-refractivity contribution in [2.24, 2.45) is 11.8 Å². The van der Waals surface area contributed by atoms with E-state index in [1.165, 1.54) is 238 Å². The number of esters is 4. The summed E-state index contributed by atoms with van der Waals surface area (Å²) in [5.41, 5.74) is 0. The van der Waals surface area contributed by atoms with Crippen molar-refractivity contribution in [1.29, 1.82) is 0 Å². The van der Waals surface area contributed by atoms with E-state index in [4.69, 9.17) is 37.0 Å². The predicted molar refractivity (Wildman–Crippen MR) is 405 cm³/mol. The summed E-state index contributed by atoms with van der Waals surface area (Å²) in [5, 5.41) is 10.6. The Balaban J connectivity index is 5.20. The largest absolute Gasteiger partial charge is 0.472 e. The fraction of sp³-hybridized carbons (Fsp3) is 0.950. The third kappa shape index (κ3) is 72.8. The standard InChI is InChI=1S/C80H156O17P2/c1-7-10-12-14-16-18-19-20-21-24-28-31-34-38-45-51-57-63-78(83)91-69-75(96-79(84)64-58-52-46-39-35-32-29-26-23-22-25-27-30-33-37-42-48-54-60-72(4)5)70-94-98(86,87)92-66-74(81)67-93-99(88,89)95-71-76(68-90-77(82)62-56-50-44-36-17-15-13-11-8-2)97-80(85)65-59-53-47-41-40-43-49-55-61-73(6)9-3/h72-76,81H,7-71H2,1-6H3,(H,86,87)(H,88,89)/t73?,74-,75-,76-/m1/s1. The number of hydrogen-bond acceptors (Lipinski definition) is 15. The molecular weight excluding hydrogens is 1290 g/mol. The molecule has 0 aliphatic rings. The van der Waals surface area contributed by atoms with Crippen LogP contribution in [0, 0.1) is 11.8 Å². The van der Waals surface area contributed by atoms with Gasteiger partial charge in [0.05, 0.1) is 26.4 Å². The lowest BCUT2D eigenvalue weighted by Gasteiger charge is -2.21. The first-order valence-electron chi connectivity index (χ1n) is 41.5. The van der Waals surface area contributed by atoms with Gasteiger partial charge in [-0.25, -0.2) is 9.13 Å². The summed E-state index contributed by atoms with van der Waals surface area (Å²) in [4.78, 5) is 72.9. The van der Waals surface area contributed by atoms with Crippen molar-refractivity contribution in [3.05, 3.63) is 0 Å². The molecule has 0 amide bonds. The van der Waals surface area contributed by atoms with Gasteiger partial charge in [0.25, 0.3) is 0 Å². The van der Waals surface area contributed by atoms with Gasteiger partial charge in [-0.05, 0) is 37.5 Å². The molecule has 0 aromatic rings. The Labute approximate surface area is 607 Å². The highest BCUT2D eigenvalue weighted by Gasteiger charge is 2.30. The molecule has 0 heterocycles. The smallest absolute Gasteiger partial charge is 0.462 e. The molecule has 0 fully saturated rings. The zero-order chi connectivity index (χ0) is 72.8. The highest BCUT2D eigenvalue weighted by molar-refractivity contribution is 7.47. The van der Waals surface area contributed by atoms with Crippen molar-refractivity contribution < 1.29 is 80.2 Å². The van der Waals surface area contributed by atoms with Crippen LogP contribution in [-0.2, 0) is 65.4 Å². The number of phosphoric ester groups is 2. The van der Waals surface area contributed by atoms with E-state index in [2.05, 4.69) is 41.5 Å². The Morgan fingerprint density at radius 2 is 0.515 bits per heavy atom. The van der Waals surface area contributed by atoms with Crippen molar-refractivity contribution in [1.82, 2.24) is 0 Å². The Morgan fingerprint density at radius 3 is 0.768 bits per heavy atom. The molecule has 0 aromatic heterocycles. The van der Waals surface area contributed by atoms with Crippen LogP contribution in [0.2, 0.25) is 0 Å². The quantitative estimate of drug-likeness (QED) is 0.0222. The highest BCUT2D eigenvalue weighted by Crippen LogP contribution is 2.45. The first kappa shape index (κ1) is 97.1. The predicted octanol–water partition coefficient (Wildman–Crippen LogP) is 23.9. The van der Waals surface area contributed by atoms with Crippen molar-refractivity contribution >= 4 is 39.5 Å². The molecule has 3 N–H and O–H groups in total. The van der Waals surface area contributed by atoms with Crippen LogP contribution < -0.4 is 0 Å². The molecule has 19 heteroatoms. The fourth-order valence-corrected chi connectivity index (χ4v) is 13.9. The molecule has 0 saturated carbocycles. The van der Waals surface area contributed by atoms with Gasteiger partial charge >= 0.3 is 39.5 Å². The molecule has 17 nitrogen and oxygen atoms in total. The first-order valence-corrected chi connectivity index (χ1v) is 44.5. The molecule has 3 unspecified atom stereocenters. The summed E-state index contributed by atoms with van der Waals surface area (Å²) in [5.74, 6) is -0.522. The maximum Gasteiger partial charge on any atom is 0.472 e. The molecule has 6 atom stereocenters. The zero-order valence-electron chi connectivity index (χ0n) is 64.8. The average molecular weight is 1450 g/mol. The van der Waals surface area contributed by atoms with Crippen molar-refractivity contribution in [2.75, 3.05) is 39.6 Å². The SMILES string of the molecule is CCCCCCCCCCCCCCCCCCCC(=O)OC[C@H](COP(=O)(O)OC[C@@H](O)COP(=O)(O)OC[C@@H](COC(=O)CCCCCCCCCCC)OC(=O)CCCCCCCCCCC(C)CC)OC(=O)CCCCCCCCCCCCCCCCCCCCC(C)C. The van der Waals surface area contributed by atoms with Gasteiger partial charge in [-0.1, -0.05) is 369 Å². The molecule has 0 radical (unpaired) electrons. The van der Waals surface area contributed by atoms with Gasteiger partial charge < -0.3 is 33.8 Å². The van der Waals surface area contributed by atoms with E-state index >= 15 is 0 Å². The number of carbonyl (C=O) groups excluding carboxylic acids is 4. The Morgan fingerprint density at radius 1 is 0.293 bits per heavy atom. The van der Waals surface area contributed by atoms with Crippen molar-refractivity contribution in [2.45, 2.75) is 439 Å². The van der Waals surface area contributed by atoms with E-state index in [0.29, 0.717) is 25.7 Å². The minimum atomic E-state index is -4.96. The fourth-order valence-electron chi connectivity index (χ4n) is 12.3. The lowest BCUT2D eigenvalue weighted by molar-refractivity contribution is -0.161. The van der Waals surface area contributed by atoms with Crippen LogP contribution in [0.4, 0.5) is 0 Å². The number of hydrogen-bond donors (Lipinski definition) is 3. The molecule has 0 spiro atoms. The number of ether oxygens (including phenoxy) is 4. The number of aliphatic hydroxyl groups is 1. The average Bonchev–Trinajstić information content (AvgIpc) is 1.50. The molecule has 0 aromatic carbocycles. The molecule has 0 aliphatic carbocycles. The summed E-state index contributed by atoms with van der Waals surface area (Å²) in [7, 11) is -9.91. The summed E-state index contributed by atoms with van der Waals surface area (Å²) in [6.45, 7) is 9.64. The summed E-state index contributed by atoms with van der Waals surface area (Å²) < 4.78 is 68.6. The minimum Gasteiger partial charge on any atom is -0.462 e. The molecule has 0 rings (SSSR count). The van der Waals surface area contributed by atoms with Gasteiger partial charge in [-0.3, -0.25) is 37.3 Å². The maximum absolute atomic E-state index is 13.1. The van der Waals surface area contributed by atoms with Crippen LogP contribution in [0.1, 0.15) is 420 Å². The van der Waals surface area contributed by atoms with Gasteiger partial charge in [0.2, 0.25) is 0 Å². The lowest BCUT2D eigenvalue weighted by Crippen LogP contribution is -2.30. The second kappa shape index (κ2) is 71.7. The van der Waals surface area contributed by atoms with Crippen LogP contribution in [0.3, 0.4) is 0 Å². The van der Waals surface area contributed by atoms with Crippen molar-refractivity contribution in [3.8, 4) is 0 Å². The second-order valence-corrected chi connectivity index (χ2v) is 32.4. The Kier molecular flexibility index (Phi) is 70.3. The number of rotatable bonds is 79. The molecule has 0 saturated heterocycles. The molecular formula is C80H156O17P2. The Hall–Kier alpha value is -1.94. The monoisotopic (exact) mass is 1450 g/mol. The summed E-state index contributed by atoms with van der Waals surface area (Å²) >= 11 is 0. The van der Waals surface area contributed by atoms with E-state index in [9.17, 15) is 43.2 Å². The van der Waals surface area contributed by atoms with Crippen LogP contribution in [0.25, 0.3) is 0 Å². The van der Waals surface area contributed by atoms with Crippen LogP contribution in [0.5, 0.6) is 0 Å². The van der Waals surface area contributed by atoms with E-state index < -0.39 is 97.5 Å². The second-order valence-electron chi connectivity index (χ2n) is 29.5. The third-order valence-corrected chi connectivity index (χ3v) is 21.0. The van der Waals surface area contributed by atoms with Gasteiger partial charge in [0.1, 0.15) is 19.3 Å². The zero-order valence-corrected chi connectivity index (χ0v) is 66.6. The first-order chi connectivity index (χ1) is 47.9. The van der Waals surface area contributed by atoms with Gasteiger partial charge in [0.15, 0.2) is 12.2 Å². The lowest BCUT2D eigenvalue weighted by atomic mass is 9.99. The number of carbonyl (C=O) groups is 4. The van der Waals surface area contributed by atoms with Crippen LogP contribution >= 0.6 is 15.6 Å². The molecule has 0 aliphatic heterocycles. The van der Waals surface area contributed by atoms with E-state index in [1.54, 1.807) is 0 Å². The van der Waals surface area contributed by atoms with E-state index in [0.717, 1.165) is 102 Å². The topological polar surface area (TPSA) is 237 Å². The van der Waals surface area contributed by atoms with E-state index in [1.807, 2.05) is 0 Å².